The molecule has 0 bridgehead atoms. The van der Waals surface area contributed by atoms with E-state index in [4.69, 9.17) is 11.6 Å². The molecule has 0 unspecified atom stereocenters. The fourth-order valence-corrected chi connectivity index (χ4v) is 5.96. The lowest BCUT2D eigenvalue weighted by molar-refractivity contribution is -0.116. The maximum absolute atomic E-state index is 13.2. The van der Waals surface area contributed by atoms with Crippen molar-refractivity contribution in [3.8, 4) is 0 Å². The first-order chi connectivity index (χ1) is 14.7. The molecular weight excluding hydrogens is 522 g/mol. The molecule has 2 aromatic carbocycles. The van der Waals surface area contributed by atoms with Gasteiger partial charge >= 0.3 is 0 Å². The third-order valence-corrected chi connectivity index (χ3v) is 8.30. The van der Waals surface area contributed by atoms with Crippen LogP contribution in [0.2, 0.25) is 5.02 Å². The summed E-state index contributed by atoms with van der Waals surface area (Å²) in [6, 6.07) is 11.5. The Balaban J connectivity index is 1.90. The van der Waals surface area contributed by atoms with Gasteiger partial charge in [-0.05, 0) is 55.6 Å². The highest BCUT2D eigenvalue weighted by Gasteiger charge is 2.27. The van der Waals surface area contributed by atoms with Crippen LogP contribution in [-0.4, -0.2) is 56.1 Å². The number of nitrogens with zero attached hydrogens (tertiary/aromatic N) is 3. The Hall–Kier alpha value is -1.52. The minimum absolute atomic E-state index is 0.0715. The summed E-state index contributed by atoms with van der Waals surface area (Å²) >= 11 is 10.7. The largest absolute Gasteiger partial charge is 0.302 e. The summed E-state index contributed by atoms with van der Waals surface area (Å²) < 4.78 is 27.5. The molecular formula is C21H23BrClN3O3S2. The Labute approximate surface area is 199 Å². The molecule has 0 aliphatic heterocycles. The summed E-state index contributed by atoms with van der Waals surface area (Å²) in [6.45, 7) is 6.77. The molecule has 6 nitrogen and oxygen atoms in total. The van der Waals surface area contributed by atoms with E-state index >= 15 is 0 Å². The van der Waals surface area contributed by atoms with Crippen molar-refractivity contribution in [1.82, 2.24) is 9.88 Å². The predicted octanol–water partition coefficient (Wildman–Crippen LogP) is 4.86. The van der Waals surface area contributed by atoms with Crippen LogP contribution in [0.4, 0.5) is 5.13 Å². The van der Waals surface area contributed by atoms with Crippen molar-refractivity contribution >= 4 is 70.0 Å². The second-order valence-corrected chi connectivity index (χ2v) is 11.2. The fraction of sp³-hybridized carbons (Fsp3) is 0.333. The molecule has 0 radical (unpaired) electrons. The van der Waals surface area contributed by atoms with Gasteiger partial charge in [-0.3, -0.25) is 9.69 Å². The standard InChI is InChI=1S/C21H23BrClN3O3S2/c1-3-25(4-2)11-12-26(21-24-18-10-5-15(22)13-19(18)30-21)20(27)14-31(28,29)17-8-6-16(23)7-9-17/h5-10,13H,3-4,11-12,14H2,1-2H3. The fourth-order valence-electron chi connectivity index (χ4n) is 3.08. The lowest BCUT2D eigenvalue weighted by Crippen LogP contribution is -2.41. The first kappa shape index (κ1) is 24.1. The van der Waals surface area contributed by atoms with Gasteiger partial charge < -0.3 is 4.90 Å². The zero-order chi connectivity index (χ0) is 22.6. The SMILES string of the molecule is CCN(CC)CCN(C(=O)CS(=O)(=O)c1ccc(Cl)cc1)c1nc2ccc(Br)cc2s1. The quantitative estimate of drug-likeness (QED) is 0.385. The Bertz CT molecular complexity index is 1160. The number of anilines is 1. The molecule has 10 heteroatoms. The van der Waals surface area contributed by atoms with Crippen molar-refractivity contribution in [3.63, 3.8) is 0 Å². The Morgan fingerprint density at radius 3 is 2.42 bits per heavy atom. The number of likely N-dealkylation sites (N-methyl/N-ethyl adjacent to an activating group) is 1. The number of amides is 1. The number of thiazole rings is 1. The molecule has 166 valence electrons. The molecule has 0 N–H and O–H groups in total. The van der Waals surface area contributed by atoms with E-state index in [2.05, 4.69) is 39.7 Å². The van der Waals surface area contributed by atoms with Crippen LogP contribution in [0, 0.1) is 0 Å². The van der Waals surface area contributed by atoms with E-state index in [1.54, 1.807) is 0 Å². The zero-order valence-electron chi connectivity index (χ0n) is 17.2. The van der Waals surface area contributed by atoms with E-state index in [0.29, 0.717) is 23.2 Å². The molecule has 0 atom stereocenters. The van der Waals surface area contributed by atoms with Crippen molar-refractivity contribution in [2.45, 2.75) is 18.7 Å². The van der Waals surface area contributed by atoms with Crippen LogP contribution in [0.5, 0.6) is 0 Å². The van der Waals surface area contributed by atoms with Crippen LogP contribution < -0.4 is 4.90 Å². The lowest BCUT2D eigenvalue weighted by Gasteiger charge is -2.24. The van der Waals surface area contributed by atoms with Crippen LogP contribution >= 0.6 is 38.9 Å². The summed E-state index contributed by atoms with van der Waals surface area (Å²) in [4.78, 5) is 21.5. The number of carbonyl (C=O) groups is 1. The van der Waals surface area contributed by atoms with Crippen LogP contribution in [-0.2, 0) is 14.6 Å². The first-order valence-electron chi connectivity index (χ1n) is 9.80. The topological polar surface area (TPSA) is 70.6 Å². The Morgan fingerprint density at radius 1 is 1.10 bits per heavy atom. The maximum Gasteiger partial charge on any atom is 0.244 e. The summed E-state index contributed by atoms with van der Waals surface area (Å²) in [5.41, 5.74) is 0.768. The van der Waals surface area contributed by atoms with Crippen LogP contribution in [0.25, 0.3) is 10.2 Å². The molecule has 1 amide bonds. The predicted molar refractivity (Wildman–Crippen MR) is 131 cm³/mol. The minimum atomic E-state index is -3.81. The number of carbonyl (C=O) groups excluding carboxylic acids is 1. The normalized spacial score (nSPS) is 11.9. The van der Waals surface area contributed by atoms with Crippen molar-refractivity contribution in [2.75, 3.05) is 36.8 Å². The van der Waals surface area contributed by atoms with Crippen molar-refractivity contribution in [1.29, 1.82) is 0 Å². The third-order valence-electron chi connectivity index (χ3n) is 4.89. The lowest BCUT2D eigenvalue weighted by atomic mass is 10.3. The third kappa shape index (κ3) is 6.04. The highest BCUT2D eigenvalue weighted by molar-refractivity contribution is 9.10. The summed E-state index contributed by atoms with van der Waals surface area (Å²) in [5.74, 6) is -1.13. The first-order valence-corrected chi connectivity index (χ1v) is 13.4. The molecule has 0 saturated carbocycles. The van der Waals surface area contributed by atoms with E-state index < -0.39 is 21.5 Å². The van der Waals surface area contributed by atoms with E-state index in [-0.39, 0.29) is 4.90 Å². The number of sulfone groups is 1. The van der Waals surface area contributed by atoms with Gasteiger partial charge in [0.15, 0.2) is 15.0 Å². The van der Waals surface area contributed by atoms with E-state index in [1.165, 1.54) is 40.5 Å². The van der Waals surface area contributed by atoms with Gasteiger partial charge in [0.1, 0.15) is 5.75 Å². The molecule has 31 heavy (non-hydrogen) atoms. The smallest absolute Gasteiger partial charge is 0.244 e. The van der Waals surface area contributed by atoms with Gasteiger partial charge in [-0.2, -0.15) is 0 Å². The second-order valence-electron chi connectivity index (χ2n) is 6.89. The number of halogens is 2. The molecule has 0 saturated heterocycles. The molecule has 1 heterocycles. The summed E-state index contributed by atoms with van der Waals surface area (Å²) in [5, 5.41) is 0.934. The van der Waals surface area contributed by atoms with Gasteiger partial charge in [-0.25, -0.2) is 13.4 Å². The summed E-state index contributed by atoms with van der Waals surface area (Å²) in [7, 11) is -3.81. The maximum atomic E-state index is 13.2. The monoisotopic (exact) mass is 543 g/mol. The molecule has 0 spiro atoms. The molecule has 0 fully saturated rings. The molecule has 3 rings (SSSR count). The average molecular weight is 545 g/mol. The van der Waals surface area contributed by atoms with E-state index in [1.807, 2.05) is 18.2 Å². The average Bonchev–Trinajstić information content (AvgIpc) is 3.13. The van der Waals surface area contributed by atoms with Gasteiger partial charge in [-0.1, -0.05) is 52.7 Å². The minimum Gasteiger partial charge on any atom is -0.302 e. The van der Waals surface area contributed by atoms with Crippen molar-refractivity contribution in [2.24, 2.45) is 0 Å². The Kier molecular flexibility index (Phi) is 8.09. The molecule has 0 aliphatic rings. The number of aromatic nitrogens is 1. The Morgan fingerprint density at radius 2 is 1.77 bits per heavy atom. The zero-order valence-corrected chi connectivity index (χ0v) is 21.2. The molecule has 3 aromatic rings. The molecule has 0 aliphatic carbocycles. The van der Waals surface area contributed by atoms with Crippen molar-refractivity contribution < 1.29 is 13.2 Å². The van der Waals surface area contributed by atoms with Gasteiger partial charge in [-0.15, -0.1) is 0 Å². The highest BCUT2D eigenvalue weighted by atomic mass is 79.9. The highest BCUT2D eigenvalue weighted by Crippen LogP contribution is 2.31. The van der Waals surface area contributed by atoms with Crippen molar-refractivity contribution in [3.05, 3.63) is 52.0 Å². The van der Waals surface area contributed by atoms with Crippen LogP contribution in [0.3, 0.4) is 0 Å². The van der Waals surface area contributed by atoms with E-state index in [0.717, 1.165) is 27.8 Å². The van der Waals surface area contributed by atoms with E-state index in [9.17, 15) is 13.2 Å². The van der Waals surface area contributed by atoms with Gasteiger partial charge in [0.2, 0.25) is 5.91 Å². The number of hydrogen-bond donors (Lipinski definition) is 0. The second kappa shape index (κ2) is 10.4. The van der Waals surface area contributed by atoms with Crippen LogP contribution in [0.15, 0.2) is 51.8 Å². The number of hydrogen-bond acceptors (Lipinski definition) is 6. The number of fused-ring (bicyclic) bond motifs is 1. The molecule has 1 aromatic heterocycles. The van der Waals surface area contributed by atoms with Gasteiger partial charge in [0.05, 0.1) is 15.1 Å². The summed E-state index contributed by atoms with van der Waals surface area (Å²) in [6.07, 6.45) is 0. The number of benzene rings is 2. The van der Waals surface area contributed by atoms with Gasteiger partial charge in [0.25, 0.3) is 0 Å². The van der Waals surface area contributed by atoms with Crippen LogP contribution in [0.1, 0.15) is 13.8 Å². The van der Waals surface area contributed by atoms with Gasteiger partial charge in [0, 0.05) is 22.6 Å². The number of rotatable bonds is 9.